The van der Waals surface area contributed by atoms with E-state index in [2.05, 4.69) is 5.32 Å². The van der Waals surface area contributed by atoms with Gasteiger partial charge in [-0.3, -0.25) is 9.59 Å². The van der Waals surface area contributed by atoms with Crippen molar-refractivity contribution in [1.29, 1.82) is 0 Å². The topological polar surface area (TPSA) is 66.4 Å². The van der Waals surface area contributed by atoms with Gasteiger partial charge in [0.2, 0.25) is 5.91 Å². The lowest BCUT2D eigenvalue weighted by molar-refractivity contribution is -0.140. The number of carbonyl (C=O) groups is 2. The van der Waals surface area contributed by atoms with Gasteiger partial charge in [0.05, 0.1) is 10.8 Å². The van der Waals surface area contributed by atoms with Gasteiger partial charge in [0.25, 0.3) is 0 Å². The molecule has 0 aliphatic heterocycles. The van der Waals surface area contributed by atoms with Crippen LogP contribution < -0.4 is 5.32 Å². The first kappa shape index (κ1) is 15.1. The van der Waals surface area contributed by atoms with Crippen LogP contribution in [-0.4, -0.2) is 28.8 Å². The van der Waals surface area contributed by atoms with Crippen LogP contribution in [0.25, 0.3) is 0 Å². The largest absolute Gasteiger partial charge is 0.480 e. The zero-order valence-electron chi connectivity index (χ0n) is 9.44. The van der Waals surface area contributed by atoms with E-state index in [1.165, 1.54) is 18.7 Å². The van der Waals surface area contributed by atoms with Crippen molar-refractivity contribution < 1.29 is 14.7 Å². The highest BCUT2D eigenvalue weighted by molar-refractivity contribution is 8.00. The molecule has 1 rings (SSSR count). The van der Waals surface area contributed by atoms with E-state index in [-0.39, 0.29) is 11.7 Å². The Morgan fingerprint density at radius 3 is 2.72 bits per heavy atom. The summed E-state index contributed by atoms with van der Waals surface area (Å²) in [6, 6.07) is 4.04. The van der Waals surface area contributed by atoms with Gasteiger partial charge < -0.3 is 10.4 Å². The highest BCUT2D eigenvalue weighted by Crippen LogP contribution is 2.29. The third-order valence-electron chi connectivity index (χ3n) is 2.00. The van der Waals surface area contributed by atoms with Crippen LogP contribution >= 0.6 is 35.0 Å². The Hall–Kier alpha value is -0.910. The van der Waals surface area contributed by atoms with E-state index in [1.807, 2.05) is 0 Å². The van der Waals surface area contributed by atoms with Gasteiger partial charge in [0.15, 0.2) is 0 Å². The van der Waals surface area contributed by atoms with Crippen LogP contribution in [0.4, 0.5) is 0 Å². The zero-order valence-corrected chi connectivity index (χ0v) is 11.8. The van der Waals surface area contributed by atoms with Gasteiger partial charge in [-0.1, -0.05) is 23.2 Å². The summed E-state index contributed by atoms with van der Waals surface area (Å²) >= 11 is 12.9. The molecule has 18 heavy (non-hydrogen) atoms. The number of hydrogen-bond donors (Lipinski definition) is 2. The van der Waals surface area contributed by atoms with Crippen LogP contribution in [0.5, 0.6) is 0 Å². The molecule has 1 aromatic carbocycles. The molecule has 0 radical (unpaired) electrons. The van der Waals surface area contributed by atoms with E-state index in [0.717, 1.165) is 0 Å². The summed E-state index contributed by atoms with van der Waals surface area (Å²) in [6.07, 6.45) is 0. The van der Waals surface area contributed by atoms with Crippen LogP contribution in [0.1, 0.15) is 6.92 Å². The Bertz CT molecular complexity index is 468. The minimum Gasteiger partial charge on any atom is -0.480 e. The molecular weight excluding hydrogens is 297 g/mol. The van der Waals surface area contributed by atoms with Crippen LogP contribution in [0, 0.1) is 0 Å². The van der Waals surface area contributed by atoms with Gasteiger partial charge in [-0.15, -0.1) is 11.8 Å². The number of nitrogens with one attached hydrogen (secondary N) is 1. The molecule has 0 heterocycles. The van der Waals surface area contributed by atoms with Gasteiger partial charge >= 0.3 is 5.97 Å². The maximum absolute atomic E-state index is 11.5. The number of carboxylic acid groups (broad SMARTS) is 1. The quantitative estimate of drug-likeness (QED) is 0.821. The lowest BCUT2D eigenvalue weighted by Crippen LogP contribution is -2.39. The lowest BCUT2D eigenvalue weighted by atomic mass is 10.3. The van der Waals surface area contributed by atoms with Gasteiger partial charge in [-0.2, -0.15) is 0 Å². The minimum atomic E-state index is -1.07. The summed E-state index contributed by atoms with van der Waals surface area (Å²) in [5, 5.41) is 12.0. The molecule has 1 unspecified atom stereocenters. The molecule has 0 aromatic heterocycles. The molecule has 4 nitrogen and oxygen atoms in total. The molecule has 98 valence electrons. The number of carbonyl (C=O) groups excluding carboxylic acids is 1. The summed E-state index contributed by atoms with van der Waals surface area (Å²) in [4.78, 5) is 22.7. The van der Waals surface area contributed by atoms with Gasteiger partial charge in [0.1, 0.15) is 6.04 Å². The molecule has 0 saturated heterocycles. The number of thioether (sulfide) groups is 1. The molecule has 0 aliphatic rings. The third-order valence-corrected chi connectivity index (χ3v) is 3.73. The Labute approximate surface area is 119 Å². The molecule has 0 saturated carbocycles. The highest BCUT2D eigenvalue weighted by atomic mass is 35.5. The predicted molar refractivity (Wildman–Crippen MR) is 72.4 cm³/mol. The number of benzene rings is 1. The molecule has 0 fully saturated rings. The summed E-state index contributed by atoms with van der Waals surface area (Å²) < 4.78 is 0. The van der Waals surface area contributed by atoms with Crippen molar-refractivity contribution in [3.05, 3.63) is 28.2 Å². The fourth-order valence-corrected chi connectivity index (χ4v) is 2.38. The fraction of sp³-hybridized carbons (Fsp3) is 0.273. The second-order valence-corrected chi connectivity index (χ2v) is 5.35. The number of aliphatic carboxylic acids is 1. The molecule has 7 heteroatoms. The first-order valence-electron chi connectivity index (χ1n) is 5.00. The molecule has 2 N–H and O–H groups in total. The minimum absolute atomic E-state index is 0.0810. The van der Waals surface area contributed by atoms with Crippen molar-refractivity contribution in [1.82, 2.24) is 5.32 Å². The molecule has 1 aromatic rings. The Morgan fingerprint density at radius 1 is 1.44 bits per heavy atom. The second-order valence-electron chi connectivity index (χ2n) is 3.49. The van der Waals surface area contributed by atoms with Crippen LogP contribution in [-0.2, 0) is 9.59 Å². The van der Waals surface area contributed by atoms with Crippen LogP contribution in [0.3, 0.4) is 0 Å². The predicted octanol–water partition coefficient (Wildman–Crippen LogP) is 2.67. The van der Waals surface area contributed by atoms with Gasteiger partial charge in [-0.05, 0) is 25.1 Å². The monoisotopic (exact) mass is 307 g/mol. The van der Waals surface area contributed by atoms with Crippen molar-refractivity contribution in [2.45, 2.75) is 17.9 Å². The number of amides is 1. The van der Waals surface area contributed by atoms with Crippen molar-refractivity contribution >= 4 is 46.8 Å². The summed E-state index contributed by atoms with van der Waals surface area (Å²) in [5.41, 5.74) is 0. The average molecular weight is 308 g/mol. The standard InChI is InChI=1S/C11H11Cl2NO3S/c1-6(11(16)17)14-10(15)5-18-9-4-7(12)2-3-8(9)13/h2-4,6H,5H2,1H3,(H,14,15)(H,16,17). The first-order valence-corrected chi connectivity index (χ1v) is 6.74. The number of rotatable bonds is 5. The smallest absolute Gasteiger partial charge is 0.325 e. The summed E-state index contributed by atoms with van der Waals surface area (Å²) in [7, 11) is 0. The molecular formula is C11H11Cl2NO3S. The first-order chi connectivity index (χ1) is 8.40. The third kappa shape index (κ3) is 4.76. The van der Waals surface area contributed by atoms with Crippen molar-refractivity contribution in [3.63, 3.8) is 0 Å². The Kier molecular flexibility index (Phi) is 5.78. The Balaban J connectivity index is 2.52. The highest BCUT2D eigenvalue weighted by Gasteiger charge is 2.14. The van der Waals surface area contributed by atoms with E-state index < -0.39 is 12.0 Å². The van der Waals surface area contributed by atoms with Gasteiger partial charge in [0, 0.05) is 9.92 Å². The number of carboxylic acids is 1. The summed E-state index contributed by atoms with van der Waals surface area (Å²) in [6.45, 7) is 1.40. The maximum Gasteiger partial charge on any atom is 0.325 e. The van der Waals surface area contributed by atoms with Crippen molar-refractivity contribution in [3.8, 4) is 0 Å². The SMILES string of the molecule is CC(NC(=O)CSc1cc(Cl)ccc1Cl)C(=O)O. The average Bonchev–Trinajstić information content (AvgIpc) is 2.30. The van der Waals surface area contributed by atoms with Crippen molar-refractivity contribution in [2.24, 2.45) is 0 Å². The van der Waals surface area contributed by atoms with E-state index in [4.69, 9.17) is 28.3 Å². The normalized spacial score (nSPS) is 11.9. The van der Waals surface area contributed by atoms with Crippen molar-refractivity contribution in [2.75, 3.05) is 5.75 Å². The van der Waals surface area contributed by atoms with E-state index in [9.17, 15) is 9.59 Å². The number of hydrogen-bond acceptors (Lipinski definition) is 3. The second kappa shape index (κ2) is 6.87. The van der Waals surface area contributed by atoms with Crippen LogP contribution in [0.15, 0.2) is 23.1 Å². The molecule has 0 bridgehead atoms. The zero-order chi connectivity index (χ0) is 13.7. The lowest BCUT2D eigenvalue weighted by Gasteiger charge is -2.09. The molecule has 0 spiro atoms. The fourth-order valence-electron chi connectivity index (χ4n) is 1.08. The van der Waals surface area contributed by atoms with Gasteiger partial charge in [-0.25, -0.2) is 0 Å². The van der Waals surface area contributed by atoms with E-state index in [1.54, 1.807) is 18.2 Å². The van der Waals surface area contributed by atoms with Crippen LogP contribution in [0.2, 0.25) is 10.0 Å². The molecule has 0 aliphatic carbocycles. The molecule has 1 atom stereocenters. The molecule has 1 amide bonds. The van der Waals surface area contributed by atoms with E-state index >= 15 is 0 Å². The maximum atomic E-state index is 11.5. The summed E-state index contributed by atoms with van der Waals surface area (Å²) in [5.74, 6) is -1.36. The number of halogens is 2. The van der Waals surface area contributed by atoms with E-state index in [0.29, 0.717) is 14.9 Å². The Morgan fingerprint density at radius 2 is 2.11 bits per heavy atom.